The molecule has 0 aliphatic carbocycles. The normalized spacial score (nSPS) is 10.6. The van der Waals surface area contributed by atoms with Gasteiger partial charge in [-0.15, -0.1) is 11.3 Å². The second-order valence-corrected chi connectivity index (χ2v) is 4.11. The molecule has 0 atom stereocenters. The SMILES string of the molecule is Nc1cc(CO)cc2cc(C=O)sc12. The second-order valence-electron chi connectivity index (χ2n) is 3.03. The van der Waals surface area contributed by atoms with Crippen LogP contribution in [0.4, 0.5) is 5.69 Å². The van der Waals surface area contributed by atoms with Crippen LogP contribution in [0.2, 0.25) is 0 Å². The molecule has 0 spiro atoms. The van der Waals surface area contributed by atoms with Gasteiger partial charge in [-0.2, -0.15) is 0 Å². The molecule has 72 valence electrons. The van der Waals surface area contributed by atoms with Crippen LogP contribution in [-0.2, 0) is 6.61 Å². The number of hydrogen-bond acceptors (Lipinski definition) is 4. The van der Waals surface area contributed by atoms with Gasteiger partial charge in [0.15, 0.2) is 6.29 Å². The van der Waals surface area contributed by atoms with Crippen molar-refractivity contribution in [3.63, 3.8) is 0 Å². The summed E-state index contributed by atoms with van der Waals surface area (Å²) < 4.78 is 0.907. The minimum atomic E-state index is -0.0353. The number of benzene rings is 1. The molecule has 2 aromatic rings. The standard InChI is InChI=1S/C10H9NO2S/c11-9-2-6(4-12)1-7-3-8(5-13)14-10(7)9/h1-3,5,12H,4,11H2. The molecular weight excluding hydrogens is 198 g/mol. The molecule has 4 heteroatoms. The zero-order chi connectivity index (χ0) is 10.1. The number of anilines is 1. The summed E-state index contributed by atoms with van der Waals surface area (Å²) in [6.45, 7) is -0.0353. The maximum atomic E-state index is 10.6. The third-order valence-corrected chi connectivity index (χ3v) is 3.15. The number of nitrogen functional groups attached to an aromatic ring is 1. The van der Waals surface area contributed by atoms with Gasteiger partial charge in [-0.25, -0.2) is 0 Å². The van der Waals surface area contributed by atoms with E-state index in [0.717, 1.165) is 21.9 Å². The molecule has 3 nitrogen and oxygen atoms in total. The molecule has 0 saturated heterocycles. The number of fused-ring (bicyclic) bond motifs is 1. The third kappa shape index (κ3) is 1.38. The summed E-state index contributed by atoms with van der Waals surface area (Å²) in [4.78, 5) is 11.2. The topological polar surface area (TPSA) is 63.3 Å². The number of carbonyl (C=O) groups is 1. The zero-order valence-electron chi connectivity index (χ0n) is 7.36. The van der Waals surface area contributed by atoms with Gasteiger partial charge in [0.1, 0.15) is 0 Å². The first-order chi connectivity index (χ1) is 6.74. The van der Waals surface area contributed by atoms with Crippen LogP contribution in [-0.4, -0.2) is 11.4 Å². The van der Waals surface area contributed by atoms with Crippen molar-refractivity contribution in [3.8, 4) is 0 Å². The highest BCUT2D eigenvalue weighted by atomic mass is 32.1. The Morgan fingerprint density at radius 2 is 2.21 bits per heavy atom. The summed E-state index contributed by atoms with van der Waals surface area (Å²) in [7, 11) is 0. The lowest BCUT2D eigenvalue weighted by Crippen LogP contribution is -1.88. The Hall–Kier alpha value is -1.39. The summed E-state index contributed by atoms with van der Waals surface area (Å²) in [6.07, 6.45) is 0.808. The maximum Gasteiger partial charge on any atom is 0.160 e. The lowest BCUT2D eigenvalue weighted by atomic mass is 10.1. The van der Waals surface area contributed by atoms with Crippen molar-refractivity contribution in [2.75, 3.05) is 5.73 Å². The molecule has 0 aliphatic rings. The van der Waals surface area contributed by atoms with Gasteiger partial charge in [0.25, 0.3) is 0 Å². The number of aliphatic hydroxyl groups is 1. The Labute approximate surface area is 84.8 Å². The molecule has 0 amide bonds. The van der Waals surface area contributed by atoms with Crippen molar-refractivity contribution in [2.24, 2.45) is 0 Å². The molecule has 0 unspecified atom stereocenters. The highest BCUT2D eigenvalue weighted by Gasteiger charge is 2.05. The van der Waals surface area contributed by atoms with Gasteiger partial charge in [0.05, 0.1) is 16.2 Å². The van der Waals surface area contributed by atoms with E-state index in [1.165, 1.54) is 11.3 Å². The van der Waals surface area contributed by atoms with Crippen LogP contribution in [0.1, 0.15) is 15.2 Å². The van der Waals surface area contributed by atoms with E-state index in [-0.39, 0.29) is 6.61 Å². The number of aldehydes is 1. The summed E-state index contributed by atoms with van der Waals surface area (Å²) in [5.74, 6) is 0. The van der Waals surface area contributed by atoms with Crippen LogP contribution in [0.25, 0.3) is 10.1 Å². The fourth-order valence-corrected chi connectivity index (χ4v) is 2.30. The molecule has 1 aromatic heterocycles. The van der Waals surface area contributed by atoms with Gasteiger partial charge in [-0.05, 0) is 29.1 Å². The molecule has 1 aromatic carbocycles. The first-order valence-electron chi connectivity index (χ1n) is 4.12. The van der Waals surface area contributed by atoms with Gasteiger partial charge in [0.2, 0.25) is 0 Å². The van der Waals surface area contributed by atoms with Crippen LogP contribution in [0.15, 0.2) is 18.2 Å². The Morgan fingerprint density at radius 3 is 2.86 bits per heavy atom. The largest absolute Gasteiger partial charge is 0.398 e. The Kier molecular flexibility index (Phi) is 2.23. The Morgan fingerprint density at radius 1 is 1.43 bits per heavy atom. The molecule has 14 heavy (non-hydrogen) atoms. The van der Waals surface area contributed by atoms with Crippen LogP contribution < -0.4 is 5.73 Å². The number of nitrogens with two attached hydrogens (primary N) is 1. The average molecular weight is 207 g/mol. The number of thiophene rings is 1. The number of aliphatic hydroxyl groups excluding tert-OH is 1. The van der Waals surface area contributed by atoms with E-state index in [1.54, 1.807) is 12.1 Å². The van der Waals surface area contributed by atoms with Crippen LogP contribution in [0.3, 0.4) is 0 Å². The third-order valence-electron chi connectivity index (χ3n) is 2.02. The monoisotopic (exact) mass is 207 g/mol. The van der Waals surface area contributed by atoms with E-state index in [4.69, 9.17) is 10.8 Å². The number of hydrogen-bond donors (Lipinski definition) is 2. The minimum Gasteiger partial charge on any atom is -0.398 e. The highest BCUT2D eigenvalue weighted by molar-refractivity contribution is 7.21. The molecule has 0 fully saturated rings. The summed E-state index contributed by atoms with van der Waals surface area (Å²) >= 11 is 1.37. The first-order valence-corrected chi connectivity index (χ1v) is 4.94. The highest BCUT2D eigenvalue weighted by Crippen LogP contribution is 2.30. The van der Waals surface area contributed by atoms with Gasteiger partial charge in [-0.1, -0.05) is 0 Å². The van der Waals surface area contributed by atoms with Gasteiger partial charge >= 0.3 is 0 Å². The van der Waals surface area contributed by atoms with Crippen LogP contribution in [0.5, 0.6) is 0 Å². The minimum absolute atomic E-state index is 0.0353. The second kappa shape index (κ2) is 3.40. The van der Waals surface area contributed by atoms with Crippen molar-refractivity contribution in [1.82, 2.24) is 0 Å². The molecular formula is C10H9NO2S. The number of rotatable bonds is 2. The summed E-state index contributed by atoms with van der Waals surface area (Å²) in [5, 5.41) is 9.88. The fourth-order valence-electron chi connectivity index (χ4n) is 1.41. The molecule has 0 bridgehead atoms. The predicted octanol–water partition coefficient (Wildman–Crippen LogP) is 1.79. The van der Waals surface area contributed by atoms with Crippen molar-refractivity contribution in [2.45, 2.75) is 6.61 Å². The van der Waals surface area contributed by atoms with E-state index in [1.807, 2.05) is 6.07 Å². The maximum absolute atomic E-state index is 10.6. The van der Waals surface area contributed by atoms with Gasteiger partial charge in [-0.3, -0.25) is 4.79 Å². The quantitative estimate of drug-likeness (QED) is 0.583. The predicted molar refractivity (Wildman–Crippen MR) is 57.5 cm³/mol. The van der Waals surface area contributed by atoms with Crippen LogP contribution in [0, 0.1) is 0 Å². The van der Waals surface area contributed by atoms with Gasteiger partial charge in [0, 0.05) is 5.69 Å². The van der Waals surface area contributed by atoms with E-state index >= 15 is 0 Å². The lowest BCUT2D eigenvalue weighted by molar-refractivity contribution is 0.112. The van der Waals surface area contributed by atoms with E-state index < -0.39 is 0 Å². The molecule has 3 N–H and O–H groups in total. The van der Waals surface area contributed by atoms with Crippen molar-refractivity contribution in [3.05, 3.63) is 28.6 Å². The Balaban J connectivity index is 2.73. The Bertz CT molecular complexity index is 490. The molecule has 1 heterocycles. The molecule has 2 rings (SSSR count). The smallest absolute Gasteiger partial charge is 0.160 e. The zero-order valence-corrected chi connectivity index (χ0v) is 8.17. The summed E-state index contributed by atoms with van der Waals surface area (Å²) in [6, 6.07) is 5.35. The van der Waals surface area contributed by atoms with Gasteiger partial charge < -0.3 is 10.8 Å². The van der Waals surface area contributed by atoms with Crippen LogP contribution >= 0.6 is 11.3 Å². The van der Waals surface area contributed by atoms with E-state index in [2.05, 4.69) is 0 Å². The summed E-state index contributed by atoms with van der Waals surface area (Å²) in [5.41, 5.74) is 7.17. The molecule has 0 radical (unpaired) electrons. The lowest BCUT2D eigenvalue weighted by Gasteiger charge is -1.99. The van der Waals surface area contributed by atoms with E-state index in [0.29, 0.717) is 10.6 Å². The average Bonchev–Trinajstić information content (AvgIpc) is 2.61. The number of carbonyl (C=O) groups excluding carboxylic acids is 1. The fraction of sp³-hybridized carbons (Fsp3) is 0.100. The first kappa shape index (κ1) is 9.18. The van der Waals surface area contributed by atoms with E-state index in [9.17, 15) is 4.79 Å². The van der Waals surface area contributed by atoms with Crippen molar-refractivity contribution < 1.29 is 9.90 Å². The van der Waals surface area contributed by atoms with Crippen molar-refractivity contribution in [1.29, 1.82) is 0 Å². The molecule has 0 saturated carbocycles. The van der Waals surface area contributed by atoms with Crippen molar-refractivity contribution >= 4 is 33.4 Å². The molecule has 0 aliphatic heterocycles.